The standard InChI is InChI=1S/C20H22N6O4S/c1-21-17(27)13-3-4-15-18(22-13)30-10-11-8-25(5-6-26(11)15)9-12-7-14-16(31-12)19(28)24(2)20(29)23-14/h3-4,7,11H,5-6,8-10H2,1-2H3,(H,21,27)(H,23,29)/t11-/m1/s1. The zero-order valence-corrected chi connectivity index (χ0v) is 18.0. The molecule has 3 aromatic rings. The number of piperazine rings is 1. The molecule has 10 nitrogen and oxygen atoms in total. The number of amides is 1. The maximum Gasteiger partial charge on any atom is 0.328 e. The average Bonchev–Trinajstić information content (AvgIpc) is 3.18. The van der Waals surface area contributed by atoms with E-state index in [9.17, 15) is 14.4 Å². The summed E-state index contributed by atoms with van der Waals surface area (Å²) in [4.78, 5) is 48.8. The van der Waals surface area contributed by atoms with Gasteiger partial charge in [-0.25, -0.2) is 9.78 Å². The summed E-state index contributed by atoms with van der Waals surface area (Å²) in [5, 5.41) is 2.58. The van der Waals surface area contributed by atoms with Gasteiger partial charge in [0.1, 0.15) is 22.7 Å². The quantitative estimate of drug-likeness (QED) is 0.593. The second kappa shape index (κ2) is 7.50. The van der Waals surface area contributed by atoms with Gasteiger partial charge in [0.15, 0.2) is 0 Å². The Bertz CT molecular complexity index is 1300. The highest BCUT2D eigenvalue weighted by atomic mass is 32.1. The number of nitrogens with one attached hydrogen (secondary N) is 2. The van der Waals surface area contributed by atoms with Crippen molar-refractivity contribution in [2.24, 2.45) is 7.05 Å². The van der Waals surface area contributed by atoms with Crippen LogP contribution in [-0.2, 0) is 13.6 Å². The molecule has 31 heavy (non-hydrogen) atoms. The Labute approximate surface area is 181 Å². The lowest BCUT2D eigenvalue weighted by molar-refractivity contribution is 0.0956. The molecular formula is C20H22N6O4S. The number of rotatable bonds is 3. The largest absolute Gasteiger partial charge is 0.474 e. The van der Waals surface area contributed by atoms with Gasteiger partial charge in [0.25, 0.3) is 11.5 Å². The number of H-pyrrole nitrogens is 1. The molecule has 0 bridgehead atoms. The summed E-state index contributed by atoms with van der Waals surface area (Å²) >= 11 is 1.43. The van der Waals surface area contributed by atoms with E-state index in [1.54, 1.807) is 13.1 Å². The summed E-state index contributed by atoms with van der Waals surface area (Å²) in [5.41, 5.74) is 1.18. The van der Waals surface area contributed by atoms with Crippen molar-refractivity contribution in [3.63, 3.8) is 0 Å². The first kappa shape index (κ1) is 19.8. The number of thiophene rings is 1. The van der Waals surface area contributed by atoms with Gasteiger partial charge in [-0.3, -0.25) is 19.1 Å². The number of carbonyl (C=O) groups excluding carboxylic acids is 1. The molecule has 5 rings (SSSR count). The van der Waals surface area contributed by atoms with Crippen LogP contribution in [0.15, 0.2) is 27.8 Å². The fourth-order valence-corrected chi connectivity index (χ4v) is 5.28. The van der Waals surface area contributed by atoms with Crippen molar-refractivity contribution in [1.82, 2.24) is 24.8 Å². The van der Waals surface area contributed by atoms with Gasteiger partial charge >= 0.3 is 5.69 Å². The monoisotopic (exact) mass is 442 g/mol. The Hall–Kier alpha value is -3.18. The highest BCUT2D eigenvalue weighted by molar-refractivity contribution is 7.18. The number of carbonyl (C=O) groups is 1. The Balaban J connectivity index is 1.33. The van der Waals surface area contributed by atoms with Crippen LogP contribution in [0.2, 0.25) is 0 Å². The number of hydrogen-bond acceptors (Lipinski definition) is 8. The zero-order chi connectivity index (χ0) is 21.7. The van der Waals surface area contributed by atoms with Gasteiger partial charge in [-0.1, -0.05) is 0 Å². The van der Waals surface area contributed by atoms with E-state index in [0.717, 1.165) is 34.8 Å². The minimum Gasteiger partial charge on any atom is -0.474 e. The summed E-state index contributed by atoms with van der Waals surface area (Å²) in [6.07, 6.45) is 0. The van der Waals surface area contributed by atoms with Crippen molar-refractivity contribution in [1.29, 1.82) is 0 Å². The normalized spacial score (nSPS) is 18.4. The van der Waals surface area contributed by atoms with Crippen LogP contribution in [0.1, 0.15) is 15.4 Å². The van der Waals surface area contributed by atoms with E-state index in [1.807, 2.05) is 12.1 Å². The predicted octanol–water partition coefficient (Wildman–Crippen LogP) is 0.126. The Morgan fingerprint density at radius 3 is 3.00 bits per heavy atom. The molecule has 162 valence electrons. The van der Waals surface area contributed by atoms with Gasteiger partial charge in [0.2, 0.25) is 5.88 Å². The number of anilines is 1. The first-order chi connectivity index (χ1) is 14.9. The van der Waals surface area contributed by atoms with Gasteiger partial charge < -0.3 is 19.9 Å². The molecule has 0 aromatic carbocycles. The van der Waals surface area contributed by atoms with Crippen LogP contribution in [0.5, 0.6) is 5.88 Å². The fraction of sp³-hybridized carbons (Fsp3) is 0.400. The highest BCUT2D eigenvalue weighted by Gasteiger charge is 2.34. The first-order valence-corrected chi connectivity index (χ1v) is 10.8. The van der Waals surface area contributed by atoms with Crippen molar-refractivity contribution in [3.05, 3.63) is 49.6 Å². The summed E-state index contributed by atoms with van der Waals surface area (Å²) in [7, 11) is 3.05. The molecule has 11 heteroatoms. The van der Waals surface area contributed by atoms with Crippen molar-refractivity contribution in [2.45, 2.75) is 12.6 Å². The van der Waals surface area contributed by atoms with E-state index in [4.69, 9.17) is 4.74 Å². The predicted molar refractivity (Wildman–Crippen MR) is 117 cm³/mol. The third-order valence-corrected chi connectivity index (χ3v) is 6.90. The molecule has 0 aliphatic carbocycles. The molecule has 5 heterocycles. The number of nitrogens with zero attached hydrogens (tertiary/aromatic N) is 4. The second-order valence-electron chi connectivity index (χ2n) is 7.74. The van der Waals surface area contributed by atoms with Crippen molar-refractivity contribution in [3.8, 4) is 5.88 Å². The molecule has 0 radical (unpaired) electrons. The van der Waals surface area contributed by atoms with Gasteiger partial charge in [-0.2, -0.15) is 0 Å². The SMILES string of the molecule is CNC(=O)c1ccc2c(n1)OC[C@H]1CN(Cc3cc4[nH]c(=O)n(C)c(=O)c4s3)CCN21. The Morgan fingerprint density at radius 2 is 2.19 bits per heavy atom. The van der Waals surface area contributed by atoms with Crippen LogP contribution in [0, 0.1) is 0 Å². The number of pyridine rings is 1. The molecule has 0 saturated carbocycles. The van der Waals surface area contributed by atoms with Crippen LogP contribution < -0.4 is 26.2 Å². The van der Waals surface area contributed by atoms with E-state index < -0.39 is 5.69 Å². The summed E-state index contributed by atoms with van der Waals surface area (Å²) in [6.45, 7) is 3.66. The second-order valence-corrected chi connectivity index (χ2v) is 8.88. The topological polar surface area (TPSA) is 113 Å². The van der Waals surface area contributed by atoms with Gasteiger partial charge in [0.05, 0.1) is 11.6 Å². The highest BCUT2D eigenvalue weighted by Crippen LogP contribution is 2.34. The minimum atomic E-state index is -0.401. The molecule has 2 N–H and O–H groups in total. The maximum absolute atomic E-state index is 12.3. The molecular weight excluding hydrogens is 420 g/mol. The lowest BCUT2D eigenvalue weighted by Gasteiger charge is -2.45. The fourth-order valence-electron chi connectivity index (χ4n) is 4.15. The Morgan fingerprint density at radius 1 is 1.35 bits per heavy atom. The first-order valence-electron chi connectivity index (χ1n) is 10.0. The van der Waals surface area contributed by atoms with Crippen molar-refractivity contribution in [2.75, 3.05) is 38.2 Å². The van der Waals surface area contributed by atoms with E-state index in [0.29, 0.717) is 34.9 Å². The summed E-state index contributed by atoms with van der Waals surface area (Å²) in [6, 6.07) is 5.68. The van der Waals surface area contributed by atoms with Gasteiger partial charge in [0, 0.05) is 45.2 Å². The zero-order valence-electron chi connectivity index (χ0n) is 17.2. The molecule has 2 aliphatic rings. The molecule has 1 fully saturated rings. The van der Waals surface area contributed by atoms with Crippen LogP contribution in [0.25, 0.3) is 10.2 Å². The molecule has 1 atom stereocenters. The number of fused-ring (bicyclic) bond motifs is 4. The molecule has 3 aromatic heterocycles. The maximum atomic E-state index is 12.3. The van der Waals surface area contributed by atoms with Crippen LogP contribution >= 0.6 is 11.3 Å². The van der Waals surface area contributed by atoms with Crippen molar-refractivity contribution < 1.29 is 9.53 Å². The van der Waals surface area contributed by atoms with Crippen molar-refractivity contribution >= 4 is 33.1 Å². The van der Waals surface area contributed by atoms with E-state index >= 15 is 0 Å². The Kier molecular flexibility index (Phi) is 4.78. The molecule has 0 spiro atoms. The molecule has 1 amide bonds. The van der Waals surface area contributed by atoms with Crippen LogP contribution in [-0.4, -0.2) is 64.7 Å². The van der Waals surface area contributed by atoms with Gasteiger partial charge in [-0.05, 0) is 18.2 Å². The average molecular weight is 443 g/mol. The third-order valence-electron chi connectivity index (χ3n) is 5.80. The molecule has 2 aliphatic heterocycles. The number of aromatic nitrogens is 3. The summed E-state index contributed by atoms with van der Waals surface area (Å²) in [5.74, 6) is 0.257. The van der Waals surface area contributed by atoms with E-state index in [2.05, 4.69) is 25.1 Å². The lowest BCUT2D eigenvalue weighted by atomic mass is 10.1. The minimum absolute atomic E-state index is 0.177. The molecule has 1 saturated heterocycles. The third kappa shape index (κ3) is 3.39. The van der Waals surface area contributed by atoms with Gasteiger partial charge in [-0.15, -0.1) is 11.3 Å². The molecule has 0 unspecified atom stereocenters. The van der Waals surface area contributed by atoms with E-state index in [1.165, 1.54) is 18.4 Å². The lowest BCUT2D eigenvalue weighted by Crippen LogP contribution is -2.57. The number of ether oxygens (including phenoxy) is 1. The number of aromatic amines is 1. The van der Waals surface area contributed by atoms with E-state index in [-0.39, 0.29) is 17.5 Å². The smallest absolute Gasteiger partial charge is 0.328 e. The summed E-state index contributed by atoms with van der Waals surface area (Å²) < 4.78 is 7.55. The van der Waals surface area contributed by atoms with Crippen LogP contribution in [0.4, 0.5) is 5.69 Å². The number of hydrogen-bond donors (Lipinski definition) is 2. The van der Waals surface area contributed by atoms with Crippen LogP contribution in [0.3, 0.4) is 0 Å².